The van der Waals surface area contributed by atoms with Crippen LogP contribution in [-0.2, 0) is 0 Å². The first-order chi connectivity index (χ1) is 13.3. The van der Waals surface area contributed by atoms with Crippen LogP contribution >= 0.6 is 0 Å². The van der Waals surface area contributed by atoms with Crippen molar-refractivity contribution in [1.82, 2.24) is 20.1 Å². The Morgan fingerprint density at radius 2 is 1.70 bits per heavy atom. The first kappa shape index (κ1) is 17.0. The molecule has 0 radical (unpaired) electrons. The molecular weight excluding hydrogens is 340 g/mol. The summed E-state index contributed by atoms with van der Waals surface area (Å²) in [6, 6.07) is 17.0. The van der Waals surface area contributed by atoms with Gasteiger partial charge in [-0.15, -0.1) is 10.2 Å². The summed E-state index contributed by atoms with van der Waals surface area (Å²) in [6.07, 6.45) is 3.46. The van der Waals surface area contributed by atoms with Crippen LogP contribution in [0, 0.1) is 0 Å². The molecule has 1 fully saturated rings. The molecule has 1 amide bonds. The summed E-state index contributed by atoms with van der Waals surface area (Å²) in [6.45, 7) is 2.82. The molecule has 1 aromatic carbocycles. The zero-order valence-corrected chi connectivity index (χ0v) is 14.8. The summed E-state index contributed by atoms with van der Waals surface area (Å²) >= 11 is 0. The van der Waals surface area contributed by atoms with Crippen molar-refractivity contribution in [2.75, 3.05) is 36.4 Å². The highest BCUT2D eigenvalue weighted by Crippen LogP contribution is 2.17. The SMILES string of the molecule is O=C(c1ccccc1)N1CCN(c2ccc(Nc3cccnc3)nn2)CC1. The Morgan fingerprint density at radius 3 is 2.37 bits per heavy atom. The van der Waals surface area contributed by atoms with Crippen LogP contribution in [0.1, 0.15) is 10.4 Å². The number of aromatic nitrogens is 3. The number of rotatable bonds is 4. The minimum absolute atomic E-state index is 0.0809. The first-order valence-corrected chi connectivity index (χ1v) is 8.90. The van der Waals surface area contributed by atoms with E-state index in [0.29, 0.717) is 18.9 Å². The summed E-state index contributed by atoms with van der Waals surface area (Å²) in [4.78, 5) is 20.6. The third kappa shape index (κ3) is 4.03. The third-order valence-corrected chi connectivity index (χ3v) is 4.50. The Balaban J connectivity index is 1.35. The van der Waals surface area contributed by atoms with Gasteiger partial charge in [0.2, 0.25) is 0 Å². The average molecular weight is 360 g/mol. The van der Waals surface area contributed by atoms with E-state index < -0.39 is 0 Å². The first-order valence-electron chi connectivity index (χ1n) is 8.90. The monoisotopic (exact) mass is 360 g/mol. The summed E-state index contributed by atoms with van der Waals surface area (Å²) in [7, 11) is 0. The van der Waals surface area contributed by atoms with Crippen molar-refractivity contribution in [1.29, 1.82) is 0 Å². The lowest BCUT2D eigenvalue weighted by molar-refractivity contribution is 0.0746. The topological polar surface area (TPSA) is 74.2 Å². The molecule has 3 aromatic rings. The van der Waals surface area contributed by atoms with Gasteiger partial charge in [0.25, 0.3) is 5.91 Å². The maximum Gasteiger partial charge on any atom is 0.253 e. The number of amides is 1. The molecule has 1 N–H and O–H groups in total. The Kier molecular flexibility index (Phi) is 4.91. The predicted octanol–water partition coefficient (Wildman–Crippen LogP) is 2.58. The molecule has 7 nitrogen and oxygen atoms in total. The Labute approximate surface area is 157 Å². The second-order valence-electron chi connectivity index (χ2n) is 6.29. The summed E-state index contributed by atoms with van der Waals surface area (Å²) in [5, 5.41) is 11.7. The molecule has 2 aromatic heterocycles. The van der Waals surface area contributed by atoms with Crippen LogP contribution in [0.4, 0.5) is 17.3 Å². The van der Waals surface area contributed by atoms with Crippen molar-refractivity contribution in [2.24, 2.45) is 0 Å². The molecule has 1 aliphatic heterocycles. The van der Waals surface area contributed by atoms with Crippen molar-refractivity contribution < 1.29 is 4.79 Å². The zero-order chi connectivity index (χ0) is 18.5. The van der Waals surface area contributed by atoms with Crippen molar-refractivity contribution in [3.05, 3.63) is 72.6 Å². The standard InChI is InChI=1S/C20H20N6O/c27-20(16-5-2-1-3-6-16)26-13-11-25(12-14-26)19-9-8-18(23-24-19)22-17-7-4-10-21-15-17/h1-10,15H,11-14H2,(H,22,23). The molecule has 4 rings (SSSR count). The van der Waals surface area contributed by atoms with Crippen LogP contribution in [0.25, 0.3) is 0 Å². The maximum absolute atomic E-state index is 12.5. The molecule has 7 heteroatoms. The van der Waals surface area contributed by atoms with Gasteiger partial charge in [-0.1, -0.05) is 18.2 Å². The number of anilines is 3. The van der Waals surface area contributed by atoms with E-state index in [0.717, 1.165) is 30.2 Å². The number of benzene rings is 1. The molecule has 3 heterocycles. The van der Waals surface area contributed by atoms with Crippen molar-refractivity contribution in [2.45, 2.75) is 0 Å². The molecular formula is C20H20N6O. The van der Waals surface area contributed by atoms with Crippen LogP contribution in [-0.4, -0.2) is 52.2 Å². The number of hydrogen-bond donors (Lipinski definition) is 1. The molecule has 0 atom stereocenters. The second-order valence-corrected chi connectivity index (χ2v) is 6.29. The van der Waals surface area contributed by atoms with E-state index in [4.69, 9.17) is 0 Å². The van der Waals surface area contributed by atoms with Crippen molar-refractivity contribution in [3.63, 3.8) is 0 Å². The number of piperazine rings is 1. The van der Waals surface area contributed by atoms with Gasteiger partial charge in [-0.2, -0.15) is 0 Å². The van der Waals surface area contributed by atoms with Crippen LogP contribution in [0.3, 0.4) is 0 Å². The fourth-order valence-corrected chi connectivity index (χ4v) is 3.05. The van der Waals surface area contributed by atoms with Gasteiger partial charge < -0.3 is 15.1 Å². The zero-order valence-electron chi connectivity index (χ0n) is 14.8. The molecule has 1 saturated heterocycles. The van der Waals surface area contributed by atoms with E-state index in [9.17, 15) is 4.79 Å². The molecule has 0 spiro atoms. The molecule has 1 aliphatic rings. The second kappa shape index (κ2) is 7.82. The normalized spacial score (nSPS) is 14.1. The Hall–Kier alpha value is -3.48. The lowest BCUT2D eigenvalue weighted by atomic mass is 10.2. The van der Waals surface area contributed by atoms with E-state index in [1.807, 2.05) is 59.5 Å². The highest BCUT2D eigenvalue weighted by molar-refractivity contribution is 5.94. The molecule has 0 saturated carbocycles. The van der Waals surface area contributed by atoms with Gasteiger partial charge in [0, 0.05) is 37.9 Å². The third-order valence-electron chi connectivity index (χ3n) is 4.50. The van der Waals surface area contributed by atoms with E-state index in [1.54, 1.807) is 12.4 Å². The van der Waals surface area contributed by atoms with Gasteiger partial charge in [-0.25, -0.2) is 0 Å². The number of pyridine rings is 1. The van der Waals surface area contributed by atoms with E-state index in [1.165, 1.54) is 0 Å². The highest BCUT2D eigenvalue weighted by atomic mass is 16.2. The van der Waals surface area contributed by atoms with Gasteiger partial charge >= 0.3 is 0 Å². The number of carbonyl (C=O) groups is 1. The Bertz CT molecular complexity index is 877. The van der Waals surface area contributed by atoms with Crippen molar-refractivity contribution in [3.8, 4) is 0 Å². The minimum Gasteiger partial charge on any atom is -0.352 e. The number of nitrogens with zero attached hydrogens (tertiary/aromatic N) is 5. The van der Waals surface area contributed by atoms with Crippen LogP contribution in [0.15, 0.2) is 67.0 Å². The van der Waals surface area contributed by atoms with Crippen LogP contribution < -0.4 is 10.2 Å². The minimum atomic E-state index is 0.0809. The molecule has 0 unspecified atom stereocenters. The summed E-state index contributed by atoms with van der Waals surface area (Å²) in [5.74, 6) is 1.57. The largest absolute Gasteiger partial charge is 0.352 e. The highest BCUT2D eigenvalue weighted by Gasteiger charge is 2.22. The Morgan fingerprint density at radius 1 is 0.889 bits per heavy atom. The molecule has 27 heavy (non-hydrogen) atoms. The summed E-state index contributed by atoms with van der Waals surface area (Å²) < 4.78 is 0. The number of hydrogen-bond acceptors (Lipinski definition) is 6. The lowest BCUT2D eigenvalue weighted by Crippen LogP contribution is -2.49. The van der Waals surface area contributed by atoms with Gasteiger partial charge in [-0.3, -0.25) is 9.78 Å². The lowest BCUT2D eigenvalue weighted by Gasteiger charge is -2.35. The quantitative estimate of drug-likeness (QED) is 0.771. The predicted molar refractivity (Wildman–Crippen MR) is 104 cm³/mol. The fraction of sp³-hybridized carbons (Fsp3) is 0.200. The number of carbonyl (C=O) groups excluding carboxylic acids is 1. The smallest absolute Gasteiger partial charge is 0.253 e. The molecule has 0 aliphatic carbocycles. The van der Waals surface area contributed by atoms with Crippen LogP contribution in [0.2, 0.25) is 0 Å². The number of nitrogens with one attached hydrogen (secondary N) is 1. The van der Waals surface area contributed by atoms with Crippen LogP contribution in [0.5, 0.6) is 0 Å². The molecule has 0 bridgehead atoms. The van der Waals surface area contributed by atoms with E-state index in [-0.39, 0.29) is 5.91 Å². The molecule has 136 valence electrons. The van der Waals surface area contributed by atoms with E-state index >= 15 is 0 Å². The van der Waals surface area contributed by atoms with Crippen molar-refractivity contribution >= 4 is 23.2 Å². The summed E-state index contributed by atoms with van der Waals surface area (Å²) in [5.41, 5.74) is 1.60. The van der Waals surface area contributed by atoms with Gasteiger partial charge in [0.1, 0.15) is 0 Å². The fourth-order valence-electron chi connectivity index (χ4n) is 3.05. The van der Waals surface area contributed by atoms with E-state index in [2.05, 4.69) is 25.4 Å². The average Bonchev–Trinajstić information content (AvgIpc) is 2.75. The van der Waals surface area contributed by atoms with Gasteiger partial charge in [0.15, 0.2) is 11.6 Å². The van der Waals surface area contributed by atoms with Gasteiger partial charge in [0.05, 0.1) is 11.9 Å². The maximum atomic E-state index is 12.5. The van der Waals surface area contributed by atoms with Gasteiger partial charge in [-0.05, 0) is 36.4 Å².